The van der Waals surface area contributed by atoms with Gasteiger partial charge in [-0.15, -0.1) is 0 Å². The van der Waals surface area contributed by atoms with Gasteiger partial charge in [0.2, 0.25) is 0 Å². The molecular formula is C12H24N2. The normalized spacial score (nSPS) is 32.1. The van der Waals surface area contributed by atoms with E-state index in [1.54, 1.807) is 0 Å². The maximum absolute atomic E-state index is 2.66. The van der Waals surface area contributed by atoms with Gasteiger partial charge in [0, 0.05) is 37.8 Å². The first-order chi connectivity index (χ1) is 6.47. The van der Waals surface area contributed by atoms with Crippen molar-refractivity contribution in [1.82, 2.24) is 9.80 Å². The summed E-state index contributed by atoms with van der Waals surface area (Å²) in [6.07, 6.45) is 1.38. The van der Waals surface area contributed by atoms with E-state index in [1.165, 1.54) is 32.6 Å². The molecule has 0 saturated carbocycles. The molecule has 1 atom stereocenters. The molecule has 0 aromatic heterocycles. The highest BCUT2D eigenvalue weighted by Gasteiger charge is 2.36. The van der Waals surface area contributed by atoms with Crippen LogP contribution in [0.3, 0.4) is 0 Å². The Morgan fingerprint density at radius 1 is 1.07 bits per heavy atom. The lowest BCUT2D eigenvalue weighted by atomic mass is 9.99. The summed E-state index contributed by atoms with van der Waals surface area (Å²) >= 11 is 0. The fourth-order valence-corrected chi connectivity index (χ4v) is 2.69. The highest BCUT2D eigenvalue weighted by molar-refractivity contribution is 4.93. The average molecular weight is 196 g/mol. The minimum atomic E-state index is 0.366. The van der Waals surface area contributed by atoms with E-state index < -0.39 is 0 Å². The van der Waals surface area contributed by atoms with Gasteiger partial charge < -0.3 is 0 Å². The number of likely N-dealkylation sites (tertiary alicyclic amines) is 2. The van der Waals surface area contributed by atoms with Crippen LogP contribution < -0.4 is 0 Å². The molecule has 0 unspecified atom stereocenters. The van der Waals surface area contributed by atoms with E-state index in [0.29, 0.717) is 5.54 Å². The van der Waals surface area contributed by atoms with Crippen LogP contribution in [-0.4, -0.2) is 47.6 Å². The maximum atomic E-state index is 2.66. The third-order valence-corrected chi connectivity index (χ3v) is 3.72. The monoisotopic (exact) mass is 196 g/mol. The molecule has 0 aliphatic carbocycles. The van der Waals surface area contributed by atoms with Gasteiger partial charge in [-0.1, -0.05) is 6.92 Å². The van der Waals surface area contributed by atoms with E-state index in [4.69, 9.17) is 0 Å². The van der Waals surface area contributed by atoms with Gasteiger partial charge in [0.1, 0.15) is 0 Å². The van der Waals surface area contributed by atoms with Gasteiger partial charge >= 0.3 is 0 Å². The summed E-state index contributed by atoms with van der Waals surface area (Å²) in [7, 11) is 0. The van der Waals surface area contributed by atoms with E-state index in [2.05, 4.69) is 37.5 Å². The fourth-order valence-electron chi connectivity index (χ4n) is 2.69. The van der Waals surface area contributed by atoms with Crippen LogP contribution in [0.4, 0.5) is 0 Å². The van der Waals surface area contributed by atoms with E-state index >= 15 is 0 Å². The average Bonchev–Trinajstić information content (AvgIpc) is 2.45. The molecule has 0 bridgehead atoms. The molecule has 2 nitrogen and oxygen atoms in total. The lowest BCUT2D eigenvalue weighted by Crippen LogP contribution is -2.52. The van der Waals surface area contributed by atoms with Crippen molar-refractivity contribution in [3.63, 3.8) is 0 Å². The molecule has 0 aromatic carbocycles. The van der Waals surface area contributed by atoms with Crippen molar-refractivity contribution in [2.75, 3.05) is 26.2 Å². The van der Waals surface area contributed by atoms with E-state index in [0.717, 1.165) is 12.0 Å². The van der Waals surface area contributed by atoms with Crippen molar-refractivity contribution in [3.8, 4) is 0 Å². The zero-order valence-electron chi connectivity index (χ0n) is 10.1. The Morgan fingerprint density at radius 2 is 1.71 bits per heavy atom. The first kappa shape index (κ1) is 10.4. The largest absolute Gasteiger partial charge is 0.298 e. The summed E-state index contributed by atoms with van der Waals surface area (Å²) in [5.41, 5.74) is 0.366. The summed E-state index contributed by atoms with van der Waals surface area (Å²) in [6.45, 7) is 14.6. The molecular weight excluding hydrogens is 172 g/mol. The summed E-state index contributed by atoms with van der Waals surface area (Å²) in [6, 6.07) is 0.852. The smallest absolute Gasteiger partial charge is 0.0235 e. The Hall–Kier alpha value is -0.0800. The minimum Gasteiger partial charge on any atom is -0.298 e. The molecule has 0 spiro atoms. The molecule has 0 aromatic rings. The SMILES string of the molecule is CC1CN([C@H]2CCN(C(C)(C)C)C2)C1. The molecule has 0 radical (unpaired) electrons. The van der Waals surface area contributed by atoms with Gasteiger partial charge in [0.15, 0.2) is 0 Å². The van der Waals surface area contributed by atoms with Gasteiger partial charge in [-0.25, -0.2) is 0 Å². The summed E-state index contributed by atoms with van der Waals surface area (Å²) in [5.74, 6) is 0.943. The second-order valence-corrected chi connectivity index (χ2v) is 6.12. The Labute approximate surface area is 88.3 Å². The predicted molar refractivity (Wildman–Crippen MR) is 60.5 cm³/mol. The van der Waals surface area contributed by atoms with E-state index in [-0.39, 0.29) is 0 Å². The van der Waals surface area contributed by atoms with Crippen LogP contribution in [0.15, 0.2) is 0 Å². The van der Waals surface area contributed by atoms with Crippen LogP contribution in [0, 0.1) is 5.92 Å². The lowest BCUT2D eigenvalue weighted by Gasteiger charge is -2.42. The van der Waals surface area contributed by atoms with Gasteiger partial charge in [0.05, 0.1) is 0 Å². The summed E-state index contributed by atoms with van der Waals surface area (Å²) in [5, 5.41) is 0. The Balaban J connectivity index is 1.83. The highest BCUT2D eigenvalue weighted by Crippen LogP contribution is 2.27. The lowest BCUT2D eigenvalue weighted by molar-refractivity contribution is 0.0582. The van der Waals surface area contributed by atoms with Gasteiger partial charge in [0.25, 0.3) is 0 Å². The van der Waals surface area contributed by atoms with Crippen molar-refractivity contribution < 1.29 is 0 Å². The van der Waals surface area contributed by atoms with Crippen molar-refractivity contribution in [2.24, 2.45) is 5.92 Å². The molecule has 2 fully saturated rings. The fraction of sp³-hybridized carbons (Fsp3) is 1.00. The molecule has 2 aliphatic rings. The van der Waals surface area contributed by atoms with Crippen molar-refractivity contribution >= 4 is 0 Å². The first-order valence-corrected chi connectivity index (χ1v) is 5.96. The molecule has 82 valence electrons. The second kappa shape index (κ2) is 3.49. The topological polar surface area (TPSA) is 6.48 Å². The summed E-state index contributed by atoms with van der Waals surface area (Å²) in [4.78, 5) is 5.29. The minimum absolute atomic E-state index is 0.366. The number of hydrogen-bond acceptors (Lipinski definition) is 2. The van der Waals surface area contributed by atoms with Crippen LogP contribution in [-0.2, 0) is 0 Å². The van der Waals surface area contributed by atoms with Gasteiger partial charge in [-0.2, -0.15) is 0 Å². The molecule has 0 N–H and O–H groups in total. The Kier molecular flexibility index (Phi) is 2.61. The number of hydrogen-bond donors (Lipinski definition) is 0. The van der Waals surface area contributed by atoms with Gasteiger partial charge in [-0.05, 0) is 33.1 Å². The summed E-state index contributed by atoms with van der Waals surface area (Å²) < 4.78 is 0. The predicted octanol–water partition coefficient (Wildman–Crippen LogP) is 1.81. The van der Waals surface area contributed by atoms with E-state index in [9.17, 15) is 0 Å². The van der Waals surface area contributed by atoms with Crippen LogP contribution in [0.1, 0.15) is 34.1 Å². The Bertz CT molecular complexity index is 201. The van der Waals surface area contributed by atoms with Crippen molar-refractivity contribution in [2.45, 2.75) is 45.7 Å². The second-order valence-electron chi connectivity index (χ2n) is 6.12. The standard InChI is InChI=1S/C12H24N2/c1-10-7-13(8-10)11-5-6-14(9-11)12(2,3)4/h10-11H,5-9H2,1-4H3/t11-/m0/s1. The zero-order chi connectivity index (χ0) is 10.3. The van der Waals surface area contributed by atoms with E-state index in [1.807, 2.05) is 0 Å². The first-order valence-electron chi connectivity index (χ1n) is 5.96. The van der Waals surface area contributed by atoms with Gasteiger partial charge in [-0.3, -0.25) is 9.80 Å². The number of nitrogens with zero attached hydrogens (tertiary/aromatic N) is 2. The quantitative estimate of drug-likeness (QED) is 0.631. The maximum Gasteiger partial charge on any atom is 0.0235 e. The third-order valence-electron chi connectivity index (χ3n) is 3.72. The van der Waals surface area contributed by atoms with Crippen molar-refractivity contribution in [1.29, 1.82) is 0 Å². The van der Waals surface area contributed by atoms with Crippen LogP contribution in [0.2, 0.25) is 0 Å². The van der Waals surface area contributed by atoms with Crippen LogP contribution >= 0.6 is 0 Å². The number of rotatable bonds is 1. The molecule has 2 rings (SSSR count). The molecule has 2 saturated heterocycles. The van der Waals surface area contributed by atoms with Crippen molar-refractivity contribution in [3.05, 3.63) is 0 Å². The molecule has 2 heterocycles. The Morgan fingerprint density at radius 3 is 2.14 bits per heavy atom. The molecule has 2 aliphatic heterocycles. The molecule has 0 amide bonds. The molecule has 2 heteroatoms. The van der Waals surface area contributed by atoms with Crippen LogP contribution in [0.5, 0.6) is 0 Å². The molecule has 14 heavy (non-hydrogen) atoms. The highest BCUT2D eigenvalue weighted by atomic mass is 15.3. The van der Waals surface area contributed by atoms with Crippen LogP contribution in [0.25, 0.3) is 0 Å². The third kappa shape index (κ3) is 1.96. The zero-order valence-corrected chi connectivity index (χ0v) is 10.1.